The summed E-state index contributed by atoms with van der Waals surface area (Å²) in [7, 11) is 1.69. The van der Waals surface area contributed by atoms with Crippen molar-refractivity contribution in [3.63, 3.8) is 0 Å². The lowest BCUT2D eigenvalue weighted by atomic mass is 9.86. The molecule has 0 saturated heterocycles. The molecule has 0 amide bonds. The molecule has 20 heavy (non-hydrogen) atoms. The molecule has 1 aromatic rings. The highest BCUT2D eigenvalue weighted by Gasteiger charge is 2.19. The van der Waals surface area contributed by atoms with Gasteiger partial charge in [0.25, 0.3) is 0 Å². The van der Waals surface area contributed by atoms with E-state index in [0.29, 0.717) is 12.5 Å². The van der Waals surface area contributed by atoms with Gasteiger partial charge >= 0.3 is 0 Å². The van der Waals surface area contributed by atoms with Crippen LogP contribution in [0.1, 0.15) is 40.2 Å². The molecule has 0 aliphatic heterocycles. The van der Waals surface area contributed by atoms with Gasteiger partial charge in [0, 0.05) is 12.1 Å². The van der Waals surface area contributed by atoms with E-state index in [1.54, 1.807) is 7.11 Å². The summed E-state index contributed by atoms with van der Waals surface area (Å²) in [6.07, 6.45) is 0. The van der Waals surface area contributed by atoms with Gasteiger partial charge in [-0.15, -0.1) is 0 Å². The van der Waals surface area contributed by atoms with E-state index >= 15 is 0 Å². The Bertz CT molecular complexity index is 408. The molecule has 0 spiro atoms. The van der Waals surface area contributed by atoms with Crippen molar-refractivity contribution in [3.05, 3.63) is 23.8 Å². The lowest BCUT2D eigenvalue weighted by Gasteiger charge is -2.23. The minimum atomic E-state index is 0.0369. The Hall–Kier alpha value is -1.22. The molecule has 0 unspecified atom stereocenters. The first kappa shape index (κ1) is 16.8. The van der Waals surface area contributed by atoms with Crippen LogP contribution in [0.2, 0.25) is 0 Å². The monoisotopic (exact) mass is 279 g/mol. The highest BCUT2D eigenvalue weighted by atomic mass is 16.5. The first-order chi connectivity index (χ1) is 9.34. The third kappa shape index (κ3) is 5.41. The lowest BCUT2D eigenvalue weighted by Crippen LogP contribution is -2.25. The van der Waals surface area contributed by atoms with Crippen LogP contribution in [0.5, 0.6) is 11.5 Å². The number of nitrogens with one attached hydrogen (secondary N) is 1. The predicted molar refractivity (Wildman–Crippen MR) is 84.9 cm³/mol. The largest absolute Gasteiger partial charge is 0.497 e. The molecule has 0 heterocycles. The molecule has 0 aromatic heterocycles. The number of benzene rings is 1. The number of methoxy groups -OCH3 is 1. The summed E-state index contributed by atoms with van der Waals surface area (Å²) in [5.74, 6) is 2.49. The van der Waals surface area contributed by atoms with Crippen LogP contribution in [0.4, 0.5) is 0 Å². The lowest BCUT2D eigenvalue weighted by molar-refractivity contribution is 0.302. The molecule has 0 fully saturated rings. The summed E-state index contributed by atoms with van der Waals surface area (Å²) >= 11 is 0. The van der Waals surface area contributed by atoms with Gasteiger partial charge in [-0.25, -0.2) is 0 Å². The average Bonchev–Trinajstić information content (AvgIpc) is 2.37. The Kier molecular flexibility index (Phi) is 6.34. The molecular weight excluding hydrogens is 250 g/mol. The van der Waals surface area contributed by atoms with Crippen molar-refractivity contribution >= 4 is 0 Å². The van der Waals surface area contributed by atoms with Gasteiger partial charge in [-0.2, -0.15) is 0 Å². The van der Waals surface area contributed by atoms with E-state index in [9.17, 15) is 0 Å². The maximum absolute atomic E-state index is 5.93. The molecule has 0 bridgehead atoms. The summed E-state index contributed by atoms with van der Waals surface area (Å²) in [4.78, 5) is 0. The first-order valence-corrected chi connectivity index (χ1v) is 7.36. The van der Waals surface area contributed by atoms with E-state index < -0.39 is 0 Å². The van der Waals surface area contributed by atoms with Crippen molar-refractivity contribution in [2.24, 2.45) is 5.92 Å². The quantitative estimate of drug-likeness (QED) is 0.773. The number of hydrogen-bond donors (Lipinski definition) is 1. The van der Waals surface area contributed by atoms with Gasteiger partial charge in [-0.1, -0.05) is 34.6 Å². The summed E-state index contributed by atoms with van der Waals surface area (Å²) in [6, 6.07) is 6.02. The zero-order valence-corrected chi connectivity index (χ0v) is 13.7. The average molecular weight is 279 g/mol. The molecule has 0 atom stereocenters. The van der Waals surface area contributed by atoms with Crippen molar-refractivity contribution in [1.29, 1.82) is 0 Å². The first-order valence-electron chi connectivity index (χ1n) is 7.36. The van der Waals surface area contributed by atoms with E-state index in [0.717, 1.165) is 24.6 Å². The fraction of sp³-hybridized carbons (Fsp3) is 0.647. The van der Waals surface area contributed by atoms with Crippen LogP contribution in [0, 0.1) is 5.92 Å². The van der Waals surface area contributed by atoms with Crippen LogP contribution in [0.3, 0.4) is 0 Å². The summed E-state index contributed by atoms with van der Waals surface area (Å²) in [5.41, 5.74) is 1.22. The van der Waals surface area contributed by atoms with Crippen molar-refractivity contribution in [2.75, 3.05) is 26.8 Å². The second-order valence-electron chi connectivity index (χ2n) is 6.56. The van der Waals surface area contributed by atoms with Crippen molar-refractivity contribution in [1.82, 2.24) is 5.32 Å². The Labute approximate surface area is 123 Å². The molecule has 0 aliphatic rings. The van der Waals surface area contributed by atoms with Crippen molar-refractivity contribution in [3.8, 4) is 11.5 Å². The molecule has 0 saturated carbocycles. The number of hydrogen-bond acceptors (Lipinski definition) is 3. The van der Waals surface area contributed by atoms with E-state index in [1.807, 2.05) is 12.1 Å². The van der Waals surface area contributed by atoms with Gasteiger partial charge < -0.3 is 14.8 Å². The summed E-state index contributed by atoms with van der Waals surface area (Å²) in [6.45, 7) is 13.5. The smallest absolute Gasteiger partial charge is 0.123 e. The Balaban J connectivity index is 2.65. The van der Waals surface area contributed by atoms with E-state index in [-0.39, 0.29) is 5.41 Å². The van der Waals surface area contributed by atoms with Gasteiger partial charge in [0.2, 0.25) is 0 Å². The topological polar surface area (TPSA) is 30.5 Å². The minimum absolute atomic E-state index is 0.0369. The van der Waals surface area contributed by atoms with E-state index in [2.05, 4.69) is 46.0 Å². The summed E-state index contributed by atoms with van der Waals surface area (Å²) < 4.78 is 11.2. The Morgan fingerprint density at radius 3 is 2.45 bits per heavy atom. The van der Waals surface area contributed by atoms with Gasteiger partial charge in [-0.05, 0) is 36.1 Å². The SMILES string of the molecule is COc1ccc(OCCNCC(C)C)c(C(C)(C)C)c1. The molecule has 1 N–H and O–H groups in total. The van der Waals surface area contributed by atoms with Crippen LogP contribution in [-0.4, -0.2) is 26.8 Å². The standard InChI is InChI=1S/C17H29NO2/c1-13(2)12-18-9-10-20-16-8-7-14(19-6)11-15(16)17(3,4)5/h7-8,11,13,18H,9-10,12H2,1-6H3. The molecule has 1 aromatic carbocycles. The van der Waals surface area contributed by atoms with Crippen LogP contribution in [0.15, 0.2) is 18.2 Å². The Morgan fingerprint density at radius 1 is 1.20 bits per heavy atom. The zero-order chi connectivity index (χ0) is 15.2. The normalized spacial score (nSPS) is 11.8. The maximum atomic E-state index is 5.93. The second-order valence-corrected chi connectivity index (χ2v) is 6.56. The molecule has 0 aliphatic carbocycles. The molecule has 3 heteroatoms. The van der Waals surface area contributed by atoms with Gasteiger partial charge in [0.15, 0.2) is 0 Å². The predicted octanol–water partition coefficient (Wildman–Crippen LogP) is 3.62. The van der Waals surface area contributed by atoms with Crippen molar-refractivity contribution in [2.45, 2.75) is 40.0 Å². The summed E-state index contributed by atoms with van der Waals surface area (Å²) in [5, 5.41) is 3.39. The maximum Gasteiger partial charge on any atom is 0.123 e. The second kappa shape index (κ2) is 7.53. The van der Waals surface area contributed by atoms with Crippen LogP contribution in [-0.2, 0) is 5.41 Å². The Morgan fingerprint density at radius 2 is 1.90 bits per heavy atom. The number of ether oxygens (including phenoxy) is 2. The zero-order valence-electron chi connectivity index (χ0n) is 13.7. The fourth-order valence-corrected chi connectivity index (χ4v) is 1.97. The van der Waals surface area contributed by atoms with E-state index in [4.69, 9.17) is 9.47 Å². The molecule has 1 rings (SSSR count). The van der Waals surface area contributed by atoms with Crippen LogP contribution >= 0.6 is 0 Å². The van der Waals surface area contributed by atoms with Crippen LogP contribution in [0.25, 0.3) is 0 Å². The minimum Gasteiger partial charge on any atom is -0.497 e. The van der Waals surface area contributed by atoms with Gasteiger partial charge in [-0.3, -0.25) is 0 Å². The third-order valence-electron chi connectivity index (χ3n) is 3.08. The number of rotatable bonds is 7. The molecule has 114 valence electrons. The molecule has 0 radical (unpaired) electrons. The third-order valence-corrected chi connectivity index (χ3v) is 3.08. The van der Waals surface area contributed by atoms with Gasteiger partial charge in [0.1, 0.15) is 18.1 Å². The molecular formula is C17H29NO2. The highest BCUT2D eigenvalue weighted by Crippen LogP contribution is 2.34. The van der Waals surface area contributed by atoms with Gasteiger partial charge in [0.05, 0.1) is 7.11 Å². The van der Waals surface area contributed by atoms with E-state index in [1.165, 1.54) is 5.56 Å². The van der Waals surface area contributed by atoms with Crippen molar-refractivity contribution < 1.29 is 9.47 Å². The van der Waals surface area contributed by atoms with Crippen LogP contribution < -0.4 is 14.8 Å². The molecule has 3 nitrogen and oxygen atoms in total. The fourth-order valence-electron chi connectivity index (χ4n) is 1.97. The highest BCUT2D eigenvalue weighted by molar-refractivity contribution is 5.44.